The van der Waals surface area contributed by atoms with Crippen LogP contribution in [0.2, 0.25) is 0 Å². The fraction of sp³-hybridized carbons (Fsp3) is 0.167. The maximum Gasteiger partial charge on any atom is 0.232 e. The molecule has 0 spiro atoms. The van der Waals surface area contributed by atoms with Crippen LogP contribution in [0, 0.1) is 0 Å². The van der Waals surface area contributed by atoms with Gasteiger partial charge in [0.1, 0.15) is 22.6 Å². The number of methoxy groups -OCH3 is 1. The lowest BCUT2D eigenvalue weighted by Gasteiger charge is -2.08. The van der Waals surface area contributed by atoms with E-state index in [0.29, 0.717) is 44.0 Å². The van der Waals surface area contributed by atoms with Gasteiger partial charge in [-0.15, -0.1) is 0 Å². The van der Waals surface area contributed by atoms with Crippen LogP contribution in [0.25, 0.3) is 32.9 Å². The molecule has 0 saturated carbocycles. The number of aromatic nitrogens is 5. The monoisotopic (exact) mass is 412 g/mol. The van der Waals surface area contributed by atoms with Crippen molar-refractivity contribution in [2.75, 3.05) is 25.2 Å². The van der Waals surface area contributed by atoms with E-state index in [1.807, 2.05) is 6.07 Å². The number of ether oxygens (including phenoxy) is 1. The lowest BCUT2D eigenvalue weighted by atomic mass is 10.1. The van der Waals surface area contributed by atoms with Gasteiger partial charge in [-0.05, 0) is 12.1 Å². The highest BCUT2D eigenvalue weighted by Gasteiger charge is 2.25. The Balaban J connectivity index is 1.94. The molecule has 1 atom stereocenters. The normalized spacial score (nSPS) is 12.4. The molecular formula is C18H16N6O2S2. The van der Waals surface area contributed by atoms with Crippen LogP contribution in [0.4, 0.5) is 5.69 Å². The van der Waals surface area contributed by atoms with Gasteiger partial charge in [-0.2, -0.15) is 0 Å². The van der Waals surface area contributed by atoms with E-state index < -0.39 is 11.2 Å². The summed E-state index contributed by atoms with van der Waals surface area (Å²) in [5.41, 5.74) is 9.00. The Labute approximate surface area is 168 Å². The van der Waals surface area contributed by atoms with E-state index in [2.05, 4.69) is 19.9 Å². The average Bonchev–Trinajstić information content (AvgIpc) is 3.09. The summed E-state index contributed by atoms with van der Waals surface area (Å²) in [6.45, 7) is 0.384. The maximum absolute atomic E-state index is 12.7. The molecule has 4 heterocycles. The topological polar surface area (TPSA) is 123 Å². The number of thiophene rings is 1. The van der Waals surface area contributed by atoms with E-state index in [4.69, 9.17) is 15.5 Å². The quantitative estimate of drug-likeness (QED) is 0.479. The molecule has 0 radical (unpaired) electrons. The van der Waals surface area contributed by atoms with E-state index >= 15 is 0 Å². The first-order valence-electron chi connectivity index (χ1n) is 8.32. The number of anilines is 1. The van der Waals surface area contributed by atoms with E-state index in [0.717, 1.165) is 11.1 Å². The van der Waals surface area contributed by atoms with Gasteiger partial charge in [0.15, 0.2) is 5.82 Å². The average molecular weight is 413 g/mol. The van der Waals surface area contributed by atoms with Crippen molar-refractivity contribution in [3.8, 4) is 22.6 Å². The number of nitrogens with two attached hydrogens (primary N) is 1. The van der Waals surface area contributed by atoms with Crippen LogP contribution >= 0.6 is 11.3 Å². The van der Waals surface area contributed by atoms with Crippen LogP contribution in [0.15, 0.2) is 47.5 Å². The van der Waals surface area contributed by atoms with Gasteiger partial charge in [0.05, 0.1) is 17.7 Å². The van der Waals surface area contributed by atoms with Gasteiger partial charge in [-0.1, -0.05) is 11.3 Å². The minimum absolute atomic E-state index is 0.365. The molecule has 0 saturated heterocycles. The predicted octanol–water partition coefficient (Wildman–Crippen LogP) is 2.55. The van der Waals surface area contributed by atoms with Crippen LogP contribution in [-0.4, -0.2) is 48.9 Å². The van der Waals surface area contributed by atoms with Crippen LogP contribution < -0.4 is 5.73 Å². The number of hydrogen-bond acceptors (Lipinski definition) is 9. The summed E-state index contributed by atoms with van der Waals surface area (Å²) in [6, 6.07) is 3.61. The number of hydrogen-bond donors (Lipinski definition) is 1. The van der Waals surface area contributed by atoms with Crippen molar-refractivity contribution in [1.82, 2.24) is 24.9 Å². The Morgan fingerprint density at radius 3 is 2.68 bits per heavy atom. The molecule has 0 bridgehead atoms. The number of nitrogens with zero attached hydrogens (tertiary/aromatic N) is 5. The smallest absolute Gasteiger partial charge is 0.232 e. The van der Waals surface area contributed by atoms with Crippen LogP contribution in [0.5, 0.6) is 0 Å². The van der Waals surface area contributed by atoms with Crippen molar-refractivity contribution in [2.24, 2.45) is 0 Å². The largest absolute Gasteiger partial charge is 0.611 e. The molecular weight excluding hydrogens is 396 g/mol. The Morgan fingerprint density at radius 2 is 1.96 bits per heavy atom. The Morgan fingerprint density at radius 1 is 1.21 bits per heavy atom. The first-order valence-corrected chi connectivity index (χ1v) is 10.5. The lowest BCUT2D eigenvalue weighted by Crippen LogP contribution is -2.11. The molecule has 0 unspecified atom stereocenters. The Hall–Kier alpha value is -2.66. The standard InChI is InChI=1S/C18H16N6O2S2/c1-26-5-6-28(25)18-15(19)14-12(16-22-3-2-4-23-16)7-13(24-17(14)27-18)11-8-20-10-21-9-11/h2-4,7-10H,5-6,19H2,1H3/t28-/m1/s1. The molecule has 4 aromatic heterocycles. The highest BCUT2D eigenvalue weighted by molar-refractivity contribution is 7.93. The summed E-state index contributed by atoms with van der Waals surface area (Å²) in [7, 11) is 1.58. The minimum atomic E-state index is -1.28. The molecule has 2 N–H and O–H groups in total. The van der Waals surface area contributed by atoms with Crippen molar-refractivity contribution in [2.45, 2.75) is 4.21 Å². The summed E-state index contributed by atoms with van der Waals surface area (Å²) in [5, 5.41) is 0.706. The molecule has 0 fully saturated rings. The lowest BCUT2D eigenvalue weighted by molar-refractivity contribution is 0.217. The fourth-order valence-electron chi connectivity index (χ4n) is 2.72. The molecule has 0 amide bonds. The fourth-order valence-corrected chi connectivity index (χ4v) is 5.28. The van der Waals surface area contributed by atoms with Crippen LogP contribution in [0.1, 0.15) is 0 Å². The van der Waals surface area contributed by atoms with Crippen molar-refractivity contribution >= 4 is 38.4 Å². The van der Waals surface area contributed by atoms with E-state index in [9.17, 15) is 4.55 Å². The summed E-state index contributed by atoms with van der Waals surface area (Å²) < 4.78 is 18.3. The van der Waals surface area contributed by atoms with Crippen molar-refractivity contribution < 1.29 is 9.29 Å². The first-order chi connectivity index (χ1) is 13.7. The van der Waals surface area contributed by atoms with E-state index in [-0.39, 0.29) is 0 Å². The Bertz CT molecular complexity index is 1090. The SMILES string of the molecule is COCC[S@@+]([O-])c1sc2nc(-c3cncnc3)cc(-c3ncccn3)c2c1N. The molecule has 4 aromatic rings. The third-order valence-electron chi connectivity index (χ3n) is 4.01. The molecule has 28 heavy (non-hydrogen) atoms. The second-order valence-electron chi connectivity index (χ2n) is 5.78. The predicted molar refractivity (Wildman–Crippen MR) is 109 cm³/mol. The molecule has 142 valence electrons. The van der Waals surface area contributed by atoms with Crippen LogP contribution in [0.3, 0.4) is 0 Å². The van der Waals surface area contributed by atoms with Gasteiger partial charge in [0.25, 0.3) is 0 Å². The van der Waals surface area contributed by atoms with Crippen molar-refractivity contribution in [3.05, 3.63) is 43.2 Å². The zero-order valence-corrected chi connectivity index (χ0v) is 16.5. The van der Waals surface area contributed by atoms with Crippen molar-refractivity contribution in [1.29, 1.82) is 0 Å². The molecule has 0 aromatic carbocycles. The molecule has 0 aliphatic heterocycles. The van der Waals surface area contributed by atoms with Gasteiger partial charge >= 0.3 is 0 Å². The van der Waals surface area contributed by atoms with Crippen LogP contribution in [-0.2, 0) is 15.9 Å². The van der Waals surface area contributed by atoms with E-state index in [1.165, 1.54) is 17.7 Å². The zero-order chi connectivity index (χ0) is 19.5. The molecule has 0 aliphatic rings. The van der Waals surface area contributed by atoms with Gasteiger partial charge in [-0.25, -0.2) is 24.9 Å². The summed E-state index contributed by atoms with van der Waals surface area (Å²) in [5.74, 6) is 0.885. The molecule has 0 aliphatic carbocycles. The third-order valence-corrected chi connectivity index (χ3v) is 6.88. The number of rotatable bonds is 6. The third kappa shape index (κ3) is 3.54. The summed E-state index contributed by atoms with van der Waals surface area (Å²) >= 11 is 0.0316. The second kappa shape index (κ2) is 8.15. The van der Waals surface area contributed by atoms with Gasteiger partial charge in [0.2, 0.25) is 4.21 Å². The van der Waals surface area contributed by atoms with E-state index in [1.54, 1.807) is 38.0 Å². The molecule has 8 nitrogen and oxygen atoms in total. The van der Waals surface area contributed by atoms with Crippen molar-refractivity contribution in [3.63, 3.8) is 0 Å². The zero-order valence-electron chi connectivity index (χ0n) is 14.9. The van der Waals surface area contributed by atoms with Gasteiger partial charge in [-0.3, -0.25) is 0 Å². The molecule has 4 rings (SSSR count). The second-order valence-corrected chi connectivity index (χ2v) is 8.55. The summed E-state index contributed by atoms with van der Waals surface area (Å²) in [6.07, 6.45) is 8.17. The van der Waals surface area contributed by atoms with Gasteiger partial charge in [0, 0.05) is 54.2 Å². The highest BCUT2D eigenvalue weighted by Crippen LogP contribution is 2.42. The Kier molecular flexibility index (Phi) is 5.44. The minimum Gasteiger partial charge on any atom is -0.611 e. The first kappa shape index (κ1) is 18.7. The highest BCUT2D eigenvalue weighted by atomic mass is 32.2. The number of fused-ring (bicyclic) bond motifs is 1. The van der Waals surface area contributed by atoms with Gasteiger partial charge < -0.3 is 15.0 Å². The number of pyridine rings is 1. The number of nitrogen functional groups attached to an aromatic ring is 1. The maximum atomic E-state index is 12.7. The summed E-state index contributed by atoms with van der Waals surface area (Å²) in [4.78, 5) is 22.2. The molecule has 10 heteroatoms.